The molecule has 6 nitrogen and oxygen atoms in total. The highest BCUT2D eigenvalue weighted by Gasteiger charge is 2.30. The number of guanidine groups is 1. The Morgan fingerprint density at radius 1 is 1.16 bits per heavy atom. The lowest BCUT2D eigenvalue weighted by Crippen LogP contribution is -2.47. The summed E-state index contributed by atoms with van der Waals surface area (Å²) in [6.45, 7) is 1.73. The number of amides is 1. The van der Waals surface area contributed by atoms with Gasteiger partial charge in [-0.05, 0) is 36.2 Å². The number of likely N-dealkylation sites (N-methyl/N-ethyl adjacent to an activating group) is 1. The molecule has 2 aromatic rings. The summed E-state index contributed by atoms with van der Waals surface area (Å²) < 4.78 is 39.0. The van der Waals surface area contributed by atoms with E-state index >= 15 is 0 Å². The smallest absolute Gasteiger partial charge is 0.369 e. The summed E-state index contributed by atoms with van der Waals surface area (Å²) in [5.41, 5.74) is 0.872. The number of carbonyl (C=O) groups excluding carboxylic acids is 1. The summed E-state index contributed by atoms with van der Waals surface area (Å²) in [6.07, 6.45) is -3.53. The van der Waals surface area contributed by atoms with E-state index in [1.54, 1.807) is 20.2 Å². The van der Waals surface area contributed by atoms with Crippen molar-refractivity contribution in [1.82, 2.24) is 15.5 Å². The summed E-state index contributed by atoms with van der Waals surface area (Å²) in [5.74, 6) is 0.272. The minimum Gasteiger partial charge on any atom is -0.369 e. The van der Waals surface area contributed by atoms with Crippen LogP contribution >= 0.6 is 0 Å². The Labute approximate surface area is 186 Å². The van der Waals surface area contributed by atoms with Crippen molar-refractivity contribution in [2.75, 3.05) is 38.6 Å². The number of hydrogen-bond donors (Lipinski definition) is 2. The van der Waals surface area contributed by atoms with Crippen LogP contribution in [0.15, 0.2) is 59.6 Å². The normalized spacial score (nSPS) is 16.7. The van der Waals surface area contributed by atoms with Crippen LogP contribution in [0.3, 0.4) is 0 Å². The van der Waals surface area contributed by atoms with Gasteiger partial charge in [0.2, 0.25) is 5.91 Å². The zero-order chi connectivity index (χ0) is 23.1. The molecule has 172 valence electrons. The van der Waals surface area contributed by atoms with Gasteiger partial charge in [-0.25, -0.2) is 4.99 Å². The number of rotatable bonds is 6. The Balaban J connectivity index is 1.68. The van der Waals surface area contributed by atoms with Gasteiger partial charge in [-0.1, -0.05) is 30.3 Å². The van der Waals surface area contributed by atoms with Gasteiger partial charge in [0.15, 0.2) is 5.96 Å². The molecule has 1 unspecified atom stereocenters. The molecule has 1 fully saturated rings. The highest BCUT2D eigenvalue weighted by atomic mass is 19.4. The van der Waals surface area contributed by atoms with Crippen molar-refractivity contribution >= 4 is 17.6 Å². The molecule has 0 radical (unpaired) electrons. The van der Waals surface area contributed by atoms with Crippen molar-refractivity contribution in [2.45, 2.75) is 25.2 Å². The molecule has 0 aromatic heterocycles. The fourth-order valence-corrected chi connectivity index (χ4v) is 3.43. The van der Waals surface area contributed by atoms with Gasteiger partial charge in [0.05, 0.1) is 18.7 Å². The van der Waals surface area contributed by atoms with Gasteiger partial charge in [0, 0.05) is 38.9 Å². The third kappa shape index (κ3) is 6.63. The molecule has 2 aromatic carbocycles. The zero-order valence-corrected chi connectivity index (χ0v) is 18.2. The Morgan fingerprint density at radius 2 is 1.91 bits per heavy atom. The van der Waals surface area contributed by atoms with E-state index in [9.17, 15) is 18.0 Å². The molecule has 2 N–H and O–H groups in total. The molecule has 1 aliphatic rings. The SMILES string of the molecule is CN(C)C(=O)CNC(=NCc1cccc(C(F)(F)F)c1)NC1CCN(c2ccccc2)C1. The van der Waals surface area contributed by atoms with Crippen LogP contribution in [0.2, 0.25) is 0 Å². The van der Waals surface area contributed by atoms with E-state index in [0.29, 0.717) is 11.5 Å². The number of carbonyl (C=O) groups is 1. The first-order chi connectivity index (χ1) is 15.2. The molecule has 0 bridgehead atoms. The fraction of sp³-hybridized carbons (Fsp3) is 0.391. The second kappa shape index (κ2) is 10.4. The van der Waals surface area contributed by atoms with Crippen LogP contribution in [0, 0.1) is 0 Å². The van der Waals surface area contributed by atoms with Crippen molar-refractivity contribution in [2.24, 2.45) is 4.99 Å². The Kier molecular flexibility index (Phi) is 7.61. The maximum Gasteiger partial charge on any atom is 0.416 e. The number of nitrogens with one attached hydrogen (secondary N) is 2. The van der Waals surface area contributed by atoms with E-state index in [1.165, 1.54) is 11.0 Å². The predicted octanol–water partition coefficient (Wildman–Crippen LogP) is 3.11. The van der Waals surface area contributed by atoms with Gasteiger partial charge in [-0.15, -0.1) is 0 Å². The van der Waals surface area contributed by atoms with Gasteiger partial charge in [-0.2, -0.15) is 13.2 Å². The van der Waals surface area contributed by atoms with E-state index in [4.69, 9.17) is 0 Å². The van der Waals surface area contributed by atoms with Gasteiger partial charge in [0.1, 0.15) is 0 Å². The average Bonchev–Trinajstić information content (AvgIpc) is 3.24. The second-order valence-electron chi connectivity index (χ2n) is 7.92. The number of nitrogens with zero attached hydrogens (tertiary/aromatic N) is 3. The number of para-hydroxylation sites is 1. The Morgan fingerprint density at radius 3 is 2.59 bits per heavy atom. The zero-order valence-electron chi connectivity index (χ0n) is 18.2. The van der Waals surface area contributed by atoms with Gasteiger partial charge < -0.3 is 20.4 Å². The molecule has 1 atom stereocenters. The molecular weight excluding hydrogens is 419 g/mol. The first-order valence-electron chi connectivity index (χ1n) is 10.4. The topological polar surface area (TPSA) is 60.0 Å². The molecule has 1 aliphatic heterocycles. The first kappa shape index (κ1) is 23.4. The lowest BCUT2D eigenvalue weighted by atomic mass is 10.1. The molecule has 9 heteroatoms. The second-order valence-corrected chi connectivity index (χ2v) is 7.92. The van der Waals surface area contributed by atoms with E-state index in [-0.39, 0.29) is 25.0 Å². The molecule has 1 amide bonds. The maximum atomic E-state index is 13.0. The van der Waals surface area contributed by atoms with Crippen LogP contribution in [-0.2, 0) is 17.5 Å². The van der Waals surface area contributed by atoms with Gasteiger partial charge in [0.25, 0.3) is 0 Å². The van der Waals surface area contributed by atoms with Crippen molar-refractivity contribution in [3.8, 4) is 0 Å². The van der Waals surface area contributed by atoms with Crippen LogP contribution in [0.4, 0.5) is 18.9 Å². The Bertz CT molecular complexity index is 931. The molecule has 0 aliphatic carbocycles. The molecule has 1 saturated heterocycles. The molecule has 3 rings (SSSR count). The van der Waals surface area contributed by atoms with E-state index in [0.717, 1.165) is 37.3 Å². The summed E-state index contributed by atoms with van der Waals surface area (Å²) in [4.78, 5) is 20.2. The minimum atomic E-state index is -4.40. The average molecular weight is 448 g/mol. The number of alkyl halides is 3. The molecule has 1 heterocycles. The maximum absolute atomic E-state index is 13.0. The molecular formula is C23H28F3N5O. The molecule has 0 spiro atoms. The number of aliphatic imine (C=N–C) groups is 1. The van der Waals surface area contributed by atoms with E-state index < -0.39 is 11.7 Å². The minimum absolute atomic E-state index is 0.0382. The number of halogens is 3. The molecule has 0 saturated carbocycles. The van der Waals surface area contributed by atoms with Crippen molar-refractivity contribution in [3.05, 3.63) is 65.7 Å². The summed E-state index contributed by atoms with van der Waals surface area (Å²) in [7, 11) is 3.32. The third-order valence-electron chi connectivity index (χ3n) is 5.23. The van der Waals surface area contributed by atoms with Crippen molar-refractivity contribution in [3.63, 3.8) is 0 Å². The van der Waals surface area contributed by atoms with Crippen LogP contribution in [-0.4, -0.2) is 56.5 Å². The largest absolute Gasteiger partial charge is 0.416 e. The lowest BCUT2D eigenvalue weighted by molar-refractivity contribution is -0.137. The van der Waals surface area contributed by atoms with Gasteiger partial charge in [-0.3, -0.25) is 4.79 Å². The van der Waals surface area contributed by atoms with Crippen LogP contribution in [0.25, 0.3) is 0 Å². The summed E-state index contributed by atoms with van der Waals surface area (Å²) >= 11 is 0. The van der Waals surface area contributed by atoms with E-state index in [1.807, 2.05) is 18.2 Å². The standard InChI is InChI=1S/C23H28F3N5O/c1-30(2)21(32)15-28-22(27-14-17-7-6-8-18(13-17)23(24,25)26)29-19-11-12-31(16-19)20-9-4-3-5-10-20/h3-10,13,19H,11-12,14-16H2,1-2H3,(H2,27,28,29). The first-order valence-corrected chi connectivity index (χ1v) is 10.4. The number of anilines is 1. The Hall–Kier alpha value is -3.23. The fourth-order valence-electron chi connectivity index (χ4n) is 3.43. The summed E-state index contributed by atoms with van der Waals surface area (Å²) in [5, 5.41) is 6.33. The highest BCUT2D eigenvalue weighted by molar-refractivity contribution is 5.86. The third-order valence-corrected chi connectivity index (χ3v) is 5.23. The summed E-state index contributed by atoms with van der Waals surface area (Å²) in [6, 6.07) is 15.3. The monoisotopic (exact) mass is 447 g/mol. The van der Waals surface area contributed by atoms with Crippen molar-refractivity contribution < 1.29 is 18.0 Å². The van der Waals surface area contributed by atoms with Crippen LogP contribution < -0.4 is 15.5 Å². The quantitative estimate of drug-likeness (QED) is 0.528. The van der Waals surface area contributed by atoms with Crippen LogP contribution in [0.5, 0.6) is 0 Å². The highest BCUT2D eigenvalue weighted by Crippen LogP contribution is 2.29. The lowest BCUT2D eigenvalue weighted by Gasteiger charge is -2.21. The predicted molar refractivity (Wildman–Crippen MR) is 119 cm³/mol. The molecule has 32 heavy (non-hydrogen) atoms. The van der Waals surface area contributed by atoms with Crippen LogP contribution in [0.1, 0.15) is 17.5 Å². The van der Waals surface area contributed by atoms with E-state index in [2.05, 4.69) is 32.7 Å². The number of hydrogen-bond acceptors (Lipinski definition) is 3. The number of benzene rings is 2. The van der Waals surface area contributed by atoms with Gasteiger partial charge >= 0.3 is 6.18 Å². The van der Waals surface area contributed by atoms with Crippen molar-refractivity contribution in [1.29, 1.82) is 0 Å².